The zero-order valence-electron chi connectivity index (χ0n) is 8.86. The molecule has 0 saturated carbocycles. The van der Waals surface area contributed by atoms with Crippen LogP contribution in [0.3, 0.4) is 0 Å². The first-order valence-corrected chi connectivity index (χ1v) is 6.19. The molecule has 1 aromatic rings. The van der Waals surface area contributed by atoms with E-state index >= 15 is 0 Å². The van der Waals surface area contributed by atoms with Gasteiger partial charge in [-0.15, -0.1) is 0 Å². The third-order valence-electron chi connectivity index (χ3n) is 2.30. The van der Waals surface area contributed by atoms with Crippen molar-refractivity contribution >= 4 is 11.8 Å². The molecule has 0 heterocycles. The first-order chi connectivity index (χ1) is 6.74. The molecular formula is C12H18OS. The van der Waals surface area contributed by atoms with E-state index in [0.29, 0.717) is 0 Å². The first kappa shape index (κ1) is 11.6. The van der Waals surface area contributed by atoms with Crippen LogP contribution in [0.1, 0.15) is 24.5 Å². The summed E-state index contributed by atoms with van der Waals surface area (Å²) in [7, 11) is 0. The van der Waals surface area contributed by atoms with Crippen molar-refractivity contribution in [1.29, 1.82) is 0 Å². The second kappa shape index (κ2) is 6.10. The van der Waals surface area contributed by atoms with Crippen molar-refractivity contribution in [1.82, 2.24) is 0 Å². The molecule has 0 bridgehead atoms. The maximum absolute atomic E-state index is 9.38. The number of aryl methyl sites for hydroxylation is 1. The van der Waals surface area contributed by atoms with Gasteiger partial charge in [0.25, 0.3) is 0 Å². The van der Waals surface area contributed by atoms with E-state index in [4.69, 9.17) is 0 Å². The minimum atomic E-state index is -0.149. The molecular weight excluding hydrogens is 192 g/mol. The molecule has 0 aliphatic carbocycles. The predicted molar refractivity (Wildman–Crippen MR) is 63.6 cm³/mol. The maximum Gasteiger partial charge on any atom is 0.0628 e. The van der Waals surface area contributed by atoms with Gasteiger partial charge in [-0.25, -0.2) is 0 Å². The lowest BCUT2D eigenvalue weighted by atomic mass is 10.1. The smallest absolute Gasteiger partial charge is 0.0628 e. The average Bonchev–Trinajstić information content (AvgIpc) is 2.20. The molecule has 1 N–H and O–H groups in total. The minimum Gasteiger partial charge on any atom is -0.392 e. The lowest BCUT2D eigenvalue weighted by Gasteiger charge is -2.08. The fourth-order valence-electron chi connectivity index (χ4n) is 1.19. The van der Waals surface area contributed by atoms with Crippen LogP contribution in [0.2, 0.25) is 0 Å². The molecule has 2 heteroatoms. The van der Waals surface area contributed by atoms with Gasteiger partial charge in [-0.2, -0.15) is 11.8 Å². The third kappa shape index (κ3) is 3.72. The predicted octanol–water partition coefficient (Wildman–Crippen LogP) is 3.00. The molecule has 1 atom stereocenters. The van der Waals surface area contributed by atoms with Crippen LogP contribution in [0.15, 0.2) is 24.3 Å². The summed E-state index contributed by atoms with van der Waals surface area (Å²) in [6.45, 7) is 4.14. The molecule has 0 aliphatic rings. The summed E-state index contributed by atoms with van der Waals surface area (Å²) in [5.41, 5.74) is 2.71. The van der Waals surface area contributed by atoms with Crippen molar-refractivity contribution in [2.24, 2.45) is 0 Å². The van der Waals surface area contributed by atoms with Gasteiger partial charge in [0.1, 0.15) is 0 Å². The van der Waals surface area contributed by atoms with E-state index in [0.717, 1.165) is 17.9 Å². The van der Waals surface area contributed by atoms with Crippen LogP contribution in [-0.2, 0) is 5.75 Å². The molecule has 0 aliphatic heterocycles. The Kier molecular flexibility index (Phi) is 5.05. The van der Waals surface area contributed by atoms with Gasteiger partial charge in [-0.3, -0.25) is 0 Å². The van der Waals surface area contributed by atoms with Gasteiger partial charge >= 0.3 is 0 Å². The number of thioether (sulfide) groups is 1. The Morgan fingerprint density at radius 3 is 2.71 bits per heavy atom. The van der Waals surface area contributed by atoms with Gasteiger partial charge in [0.15, 0.2) is 0 Å². The van der Waals surface area contributed by atoms with E-state index in [-0.39, 0.29) is 6.10 Å². The SMILES string of the molecule is CCC(O)CSCc1ccccc1C. The van der Waals surface area contributed by atoms with Crippen molar-refractivity contribution < 1.29 is 5.11 Å². The minimum absolute atomic E-state index is 0.149. The second-order valence-electron chi connectivity index (χ2n) is 3.50. The molecule has 0 fully saturated rings. The number of hydrogen-bond donors (Lipinski definition) is 1. The molecule has 1 nitrogen and oxygen atoms in total. The summed E-state index contributed by atoms with van der Waals surface area (Å²) in [6, 6.07) is 8.41. The average molecular weight is 210 g/mol. The Balaban J connectivity index is 2.35. The van der Waals surface area contributed by atoms with Crippen molar-refractivity contribution in [3.8, 4) is 0 Å². The highest BCUT2D eigenvalue weighted by Gasteiger charge is 2.02. The van der Waals surface area contributed by atoms with Gasteiger partial charge in [-0.1, -0.05) is 31.2 Å². The Labute approximate surface area is 90.5 Å². The van der Waals surface area contributed by atoms with Crippen molar-refractivity contribution in [2.45, 2.75) is 32.1 Å². The number of rotatable bonds is 5. The quantitative estimate of drug-likeness (QED) is 0.806. The van der Waals surface area contributed by atoms with E-state index in [2.05, 4.69) is 31.2 Å². The lowest BCUT2D eigenvalue weighted by molar-refractivity contribution is 0.195. The summed E-state index contributed by atoms with van der Waals surface area (Å²) < 4.78 is 0. The number of aliphatic hydroxyl groups is 1. The van der Waals surface area contributed by atoms with Crippen LogP contribution in [0.5, 0.6) is 0 Å². The van der Waals surface area contributed by atoms with Gasteiger partial charge in [0, 0.05) is 11.5 Å². The van der Waals surface area contributed by atoms with Crippen molar-refractivity contribution in [3.63, 3.8) is 0 Å². The van der Waals surface area contributed by atoms with Crippen molar-refractivity contribution in [2.75, 3.05) is 5.75 Å². The summed E-state index contributed by atoms with van der Waals surface area (Å²) in [5.74, 6) is 1.84. The molecule has 1 rings (SSSR count). The monoisotopic (exact) mass is 210 g/mol. The molecule has 78 valence electrons. The molecule has 0 radical (unpaired) electrons. The van der Waals surface area contributed by atoms with Crippen LogP contribution in [0.4, 0.5) is 0 Å². The Bertz CT molecular complexity index is 273. The number of aliphatic hydroxyl groups excluding tert-OH is 1. The lowest BCUT2D eigenvalue weighted by Crippen LogP contribution is -2.07. The third-order valence-corrected chi connectivity index (χ3v) is 3.44. The van der Waals surface area contributed by atoms with Crippen molar-refractivity contribution in [3.05, 3.63) is 35.4 Å². The van der Waals surface area contributed by atoms with E-state index in [1.165, 1.54) is 11.1 Å². The molecule has 14 heavy (non-hydrogen) atoms. The van der Waals surface area contributed by atoms with Gasteiger partial charge < -0.3 is 5.11 Å². The fourth-order valence-corrected chi connectivity index (χ4v) is 2.36. The van der Waals surface area contributed by atoms with Crippen LogP contribution in [0, 0.1) is 6.92 Å². The van der Waals surface area contributed by atoms with Gasteiger partial charge in [-0.05, 0) is 24.5 Å². The topological polar surface area (TPSA) is 20.2 Å². The summed E-state index contributed by atoms with van der Waals surface area (Å²) in [5, 5.41) is 9.38. The van der Waals surface area contributed by atoms with Crippen LogP contribution in [-0.4, -0.2) is 17.0 Å². The zero-order valence-corrected chi connectivity index (χ0v) is 9.68. The summed E-state index contributed by atoms with van der Waals surface area (Å²) in [4.78, 5) is 0. The van der Waals surface area contributed by atoms with E-state index in [9.17, 15) is 5.11 Å². The molecule has 1 aromatic carbocycles. The van der Waals surface area contributed by atoms with Crippen LogP contribution in [0.25, 0.3) is 0 Å². The highest BCUT2D eigenvalue weighted by atomic mass is 32.2. The zero-order chi connectivity index (χ0) is 10.4. The number of benzene rings is 1. The normalized spacial score (nSPS) is 12.8. The maximum atomic E-state index is 9.38. The Morgan fingerprint density at radius 2 is 2.07 bits per heavy atom. The highest BCUT2D eigenvalue weighted by molar-refractivity contribution is 7.98. The van der Waals surface area contributed by atoms with Crippen LogP contribution >= 0.6 is 11.8 Å². The molecule has 0 saturated heterocycles. The Hall–Kier alpha value is -0.470. The first-order valence-electron chi connectivity index (χ1n) is 5.04. The largest absolute Gasteiger partial charge is 0.392 e. The van der Waals surface area contributed by atoms with E-state index in [1.807, 2.05) is 6.92 Å². The molecule has 0 amide bonds. The standard InChI is InChI=1S/C12H18OS/c1-3-12(13)9-14-8-11-7-5-4-6-10(11)2/h4-7,12-13H,3,8-9H2,1-2H3. The van der Waals surface area contributed by atoms with Gasteiger partial charge in [0.2, 0.25) is 0 Å². The van der Waals surface area contributed by atoms with E-state index in [1.54, 1.807) is 11.8 Å². The molecule has 0 spiro atoms. The second-order valence-corrected chi connectivity index (χ2v) is 4.53. The molecule has 1 unspecified atom stereocenters. The summed E-state index contributed by atoms with van der Waals surface area (Å²) >= 11 is 1.80. The van der Waals surface area contributed by atoms with Crippen LogP contribution < -0.4 is 0 Å². The van der Waals surface area contributed by atoms with Gasteiger partial charge in [0.05, 0.1) is 6.10 Å². The van der Waals surface area contributed by atoms with E-state index < -0.39 is 0 Å². The molecule has 0 aromatic heterocycles. The Morgan fingerprint density at radius 1 is 1.36 bits per heavy atom. The highest BCUT2D eigenvalue weighted by Crippen LogP contribution is 2.16. The summed E-state index contributed by atoms with van der Waals surface area (Å²) in [6.07, 6.45) is 0.699. The number of hydrogen-bond acceptors (Lipinski definition) is 2. The fraction of sp³-hybridized carbons (Fsp3) is 0.500.